The molecule has 2 nitrogen and oxygen atoms in total. The van der Waals surface area contributed by atoms with Gasteiger partial charge in [-0.2, -0.15) is 0 Å². The summed E-state index contributed by atoms with van der Waals surface area (Å²) < 4.78 is 0. The minimum atomic E-state index is 0.269. The minimum Gasteiger partial charge on any atom is -0.375 e. The van der Waals surface area contributed by atoms with Crippen LogP contribution in [0.4, 0.5) is 5.69 Å². The average Bonchev–Trinajstić information content (AvgIpc) is 2.28. The molecule has 0 aliphatic rings. The van der Waals surface area contributed by atoms with Gasteiger partial charge >= 0.3 is 0 Å². The predicted octanol–water partition coefficient (Wildman–Crippen LogP) is 2.73. The van der Waals surface area contributed by atoms with E-state index >= 15 is 0 Å². The maximum absolute atomic E-state index is 6.05. The second kappa shape index (κ2) is 5.90. The number of benzene rings is 1. The van der Waals surface area contributed by atoms with Crippen LogP contribution in [0.5, 0.6) is 0 Å². The Labute approximate surface area is 99.5 Å². The highest BCUT2D eigenvalue weighted by atomic mass is 15.1. The molecule has 0 radical (unpaired) electrons. The molecule has 0 heterocycles. The van der Waals surface area contributed by atoms with Crippen molar-refractivity contribution < 1.29 is 0 Å². The second-order valence-electron chi connectivity index (χ2n) is 4.52. The largest absolute Gasteiger partial charge is 0.375 e. The van der Waals surface area contributed by atoms with E-state index in [0.29, 0.717) is 0 Å². The van der Waals surface area contributed by atoms with Gasteiger partial charge in [-0.05, 0) is 38.3 Å². The van der Waals surface area contributed by atoms with E-state index in [1.54, 1.807) is 0 Å². The summed E-state index contributed by atoms with van der Waals surface area (Å²) in [6, 6.07) is 6.90. The van der Waals surface area contributed by atoms with Crippen molar-refractivity contribution in [1.29, 1.82) is 0 Å². The lowest BCUT2D eigenvalue weighted by atomic mass is 10.0. The topological polar surface area (TPSA) is 29.3 Å². The normalized spacial score (nSPS) is 12.6. The summed E-state index contributed by atoms with van der Waals surface area (Å²) in [4.78, 5) is 2.27. The van der Waals surface area contributed by atoms with E-state index in [4.69, 9.17) is 5.73 Å². The van der Waals surface area contributed by atoms with Gasteiger partial charge in [0.2, 0.25) is 0 Å². The van der Waals surface area contributed by atoms with E-state index in [-0.39, 0.29) is 6.04 Å². The fourth-order valence-electron chi connectivity index (χ4n) is 1.85. The summed E-state index contributed by atoms with van der Waals surface area (Å²) in [6.07, 6.45) is 2.00. The molecule has 2 heteroatoms. The van der Waals surface area contributed by atoms with Gasteiger partial charge in [0.05, 0.1) is 0 Å². The zero-order valence-corrected chi connectivity index (χ0v) is 11.0. The van der Waals surface area contributed by atoms with Crippen LogP contribution in [0.3, 0.4) is 0 Å². The second-order valence-corrected chi connectivity index (χ2v) is 4.52. The molecular formula is C14H24N2. The molecule has 0 fully saturated rings. The van der Waals surface area contributed by atoms with Crippen LogP contribution in [0.25, 0.3) is 0 Å². The van der Waals surface area contributed by atoms with E-state index < -0.39 is 0 Å². The van der Waals surface area contributed by atoms with Gasteiger partial charge in [0.15, 0.2) is 0 Å². The van der Waals surface area contributed by atoms with Crippen molar-refractivity contribution in [2.45, 2.75) is 39.7 Å². The lowest BCUT2D eigenvalue weighted by Gasteiger charge is -2.22. The molecule has 0 aromatic heterocycles. The number of rotatable bonds is 5. The van der Waals surface area contributed by atoms with E-state index in [0.717, 1.165) is 19.4 Å². The van der Waals surface area contributed by atoms with Gasteiger partial charge in [-0.1, -0.05) is 24.6 Å². The Kier molecular flexibility index (Phi) is 4.81. The number of aryl methyl sites for hydroxylation is 1. The van der Waals surface area contributed by atoms with Crippen molar-refractivity contribution in [2.75, 3.05) is 18.5 Å². The molecule has 0 saturated carbocycles. The zero-order valence-electron chi connectivity index (χ0n) is 11.0. The van der Waals surface area contributed by atoms with Gasteiger partial charge in [-0.3, -0.25) is 0 Å². The van der Waals surface area contributed by atoms with Crippen LogP contribution in [-0.2, 0) is 6.42 Å². The molecule has 2 N–H and O–H groups in total. The fourth-order valence-corrected chi connectivity index (χ4v) is 1.85. The van der Waals surface area contributed by atoms with E-state index in [1.807, 2.05) is 0 Å². The Bertz CT molecular complexity index is 334. The van der Waals surface area contributed by atoms with Crippen LogP contribution in [0.1, 0.15) is 31.4 Å². The van der Waals surface area contributed by atoms with Crippen molar-refractivity contribution in [1.82, 2.24) is 0 Å². The third-order valence-electron chi connectivity index (χ3n) is 3.13. The van der Waals surface area contributed by atoms with Gasteiger partial charge in [0.1, 0.15) is 0 Å². The summed E-state index contributed by atoms with van der Waals surface area (Å²) in [5.74, 6) is 0. The first kappa shape index (κ1) is 13.0. The molecular weight excluding hydrogens is 196 g/mol. The molecule has 0 aliphatic carbocycles. The molecule has 0 spiro atoms. The fraction of sp³-hybridized carbons (Fsp3) is 0.571. The highest BCUT2D eigenvalue weighted by Crippen LogP contribution is 2.22. The lowest BCUT2D eigenvalue weighted by Crippen LogP contribution is -2.24. The van der Waals surface area contributed by atoms with E-state index in [9.17, 15) is 0 Å². The van der Waals surface area contributed by atoms with Crippen molar-refractivity contribution in [3.05, 3.63) is 29.3 Å². The standard InChI is InChI=1S/C14H24N2/c1-5-13(15)10-12-9-11(3)7-8-14(12)16(4)6-2/h7-9,13H,5-6,10,15H2,1-4H3. The quantitative estimate of drug-likeness (QED) is 0.826. The molecule has 0 saturated heterocycles. The van der Waals surface area contributed by atoms with Gasteiger partial charge in [0, 0.05) is 25.3 Å². The molecule has 1 unspecified atom stereocenters. The smallest absolute Gasteiger partial charge is 0.0396 e. The monoisotopic (exact) mass is 220 g/mol. The maximum Gasteiger partial charge on any atom is 0.0396 e. The maximum atomic E-state index is 6.05. The van der Waals surface area contributed by atoms with Crippen molar-refractivity contribution in [3.63, 3.8) is 0 Å². The van der Waals surface area contributed by atoms with Crippen LogP contribution in [-0.4, -0.2) is 19.6 Å². The third kappa shape index (κ3) is 3.24. The Morgan fingerprint density at radius 2 is 2.00 bits per heavy atom. The summed E-state index contributed by atoms with van der Waals surface area (Å²) in [7, 11) is 2.13. The Morgan fingerprint density at radius 1 is 1.31 bits per heavy atom. The molecule has 0 amide bonds. The summed E-state index contributed by atoms with van der Waals surface area (Å²) in [6.45, 7) is 7.47. The van der Waals surface area contributed by atoms with Gasteiger partial charge in [-0.25, -0.2) is 0 Å². The molecule has 1 aromatic carbocycles. The van der Waals surface area contributed by atoms with Crippen molar-refractivity contribution in [3.8, 4) is 0 Å². The molecule has 1 rings (SSSR count). The Balaban J connectivity index is 2.98. The number of nitrogens with zero attached hydrogens (tertiary/aromatic N) is 1. The first-order valence-electron chi connectivity index (χ1n) is 6.14. The number of hydrogen-bond acceptors (Lipinski definition) is 2. The average molecular weight is 220 g/mol. The molecule has 1 aromatic rings. The van der Waals surface area contributed by atoms with Crippen molar-refractivity contribution >= 4 is 5.69 Å². The van der Waals surface area contributed by atoms with E-state index in [1.165, 1.54) is 16.8 Å². The van der Waals surface area contributed by atoms with E-state index in [2.05, 4.69) is 50.9 Å². The summed E-state index contributed by atoms with van der Waals surface area (Å²) in [5.41, 5.74) is 10.0. The third-order valence-corrected chi connectivity index (χ3v) is 3.13. The molecule has 1 atom stereocenters. The SMILES string of the molecule is CCC(N)Cc1cc(C)ccc1N(C)CC. The van der Waals surface area contributed by atoms with Crippen LogP contribution >= 0.6 is 0 Å². The number of anilines is 1. The van der Waals surface area contributed by atoms with Crippen LogP contribution in [0, 0.1) is 6.92 Å². The Hall–Kier alpha value is -1.02. The predicted molar refractivity (Wildman–Crippen MR) is 72.1 cm³/mol. The highest BCUT2D eigenvalue weighted by molar-refractivity contribution is 5.54. The summed E-state index contributed by atoms with van der Waals surface area (Å²) >= 11 is 0. The highest BCUT2D eigenvalue weighted by Gasteiger charge is 2.09. The van der Waals surface area contributed by atoms with Gasteiger partial charge in [0.25, 0.3) is 0 Å². The number of nitrogens with two attached hydrogens (primary N) is 1. The lowest BCUT2D eigenvalue weighted by molar-refractivity contribution is 0.645. The van der Waals surface area contributed by atoms with Gasteiger partial charge < -0.3 is 10.6 Å². The minimum absolute atomic E-state index is 0.269. The van der Waals surface area contributed by atoms with Crippen LogP contribution < -0.4 is 10.6 Å². The first-order valence-corrected chi connectivity index (χ1v) is 6.14. The molecule has 0 aliphatic heterocycles. The van der Waals surface area contributed by atoms with Crippen LogP contribution in [0.2, 0.25) is 0 Å². The first-order chi connectivity index (χ1) is 7.58. The van der Waals surface area contributed by atoms with Crippen LogP contribution in [0.15, 0.2) is 18.2 Å². The number of hydrogen-bond donors (Lipinski definition) is 1. The Morgan fingerprint density at radius 3 is 2.56 bits per heavy atom. The van der Waals surface area contributed by atoms with Crippen molar-refractivity contribution in [2.24, 2.45) is 5.73 Å². The molecule has 16 heavy (non-hydrogen) atoms. The van der Waals surface area contributed by atoms with Gasteiger partial charge in [-0.15, -0.1) is 0 Å². The zero-order chi connectivity index (χ0) is 12.1. The molecule has 90 valence electrons. The molecule has 0 bridgehead atoms. The summed E-state index contributed by atoms with van der Waals surface area (Å²) in [5, 5.41) is 0.